The van der Waals surface area contributed by atoms with Gasteiger partial charge >= 0.3 is 0 Å². The summed E-state index contributed by atoms with van der Waals surface area (Å²) in [6.45, 7) is 26.0. The number of rotatable bonds is 6. The molecule has 18 heavy (non-hydrogen) atoms. The van der Waals surface area contributed by atoms with E-state index in [2.05, 4.69) is 81.7 Å². The molecule has 0 radical (unpaired) electrons. The molecule has 0 saturated heterocycles. The van der Waals surface area contributed by atoms with E-state index in [1.54, 1.807) is 0 Å². The lowest BCUT2D eigenvalue weighted by atomic mass is 10.4. The van der Waals surface area contributed by atoms with Crippen molar-refractivity contribution in [3.05, 3.63) is 0 Å². The minimum atomic E-state index is -1.23. The Morgan fingerprint density at radius 3 is 1.28 bits per heavy atom. The molecule has 110 valence electrons. The van der Waals surface area contributed by atoms with Crippen molar-refractivity contribution in [1.29, 1.82) is 0 Å². The molecule has 0 aromatic carbocycles. The first-order valence-corrected chi connectivity index (χ1v) is 17.5. The molecule has 1 atom stereocenters. The smallest absolute Gasteiger partial charge is 0.118 e. The highest BCUT2D eigenvalue weighted by Crippen LogP contribution is 2.24. The van der Waals surface area contributed by atoms with Gasteiger partial charge in [0.15, 0.2) is 0 Å². The molecule has 0 heterocycles. The van der Waals surface area contributed by atoms with E-state index < -0.39 is 24.7 Å². The highest BCUT2D eigenvalue weighted by Gasteiger charge is 2.38. The maximum Gasteiger partial charge on any atom is 0.118 e. The molecule has 0 saturated carbocycles. The Hall–Kier alpha value is 0.571. The Morgan fingerprint density at radius 1 is 0.722 bits per heavy atom. The first-order chi connectivity index (χ1) is 7.67. The monoisotopic (exact) mass is 304 g/mol. The Kier molecular flexibility index (Phi) is 6.10. The van der Waals surface area contributed by atoms with Gasteiger partial charge in [0.2, 0.25) is 0 Å². The lowest BCUT2D eigenvalue weighted by Crippen LogP contribution is -2.65. The van der Waals surface area contributed by atoms with E-state index in [4.69, 9.17) is 0 Å². The summed E-state index contributed by atoms with van der Waals surface area (Å²) < 4.78 is 5.56. The zero-order valence-electron chi connectivity index (χ0n) is 14.7. The van der Waals surface area contributed by atoms with Gasteiger partial charge in [0.1, 0.15) is 24.7 Å². The maximum atomic E-state index is 2.93. The summed E-state index contributed by atoms with van der Waals surface area (Å²) in [5, 5.41) is 0. The van der Waals surface area contributed by atoms with Crippen LogP contribution in [0.15, 0.2) is 0 Å². The standard InChI is InChI=1S/C13H36N2Si3/c1-13(12-14(2)16(3,4)5)15(17(6,7)8)18(9,10)11/h13H,12H2,1-11H3. The largest absolute Gasteiger partial charge is 0.342 e. The zero-order valence-corrected chi connectivity index (χ0v) is 17.7. The van der Waals surface area contributed by atoms with Gasteiger partial charge in [-0.15, -0.1) is 0 Å². The van der Waals surface area contributed by atoms with Crippen LogP contribution in [0.25, 0.3) is 0 Å². The van der Waals surface area contributed by atoms with Crippen LogP contribution in [0.1, 0.15) is 6.92 Å². The van der Waals surface area contributed by atoms with Crippen LogP contribution in [0.2, 0.25) is 58.9 Å². The zero-order chi connectivity index (χ0) is 14.9. The summed E-state index contributed by atoms with van der Waals surface area (Å²) in [5.74, 6) is 0. The molecule has 0 aliphatic carbocycles. The molecule has 2 nitrogen and oxygen atoms in total. The van der Waals surface area contributed by atoms with E-state index in [1.807, 2.05) is 0 Å². The Balaban J connectivity index is 4.97. The first-order valence-electron chi connectivity index (χ1n) is 7.18. The molecule has 0 bridgehead atoms. The second-order valence-electron chi connectivity index (χ2n) is 8.61. The molecule has 0 aromatic heterocycles. The molecular weight excluding hydrogens is 268 g/mol. The number of hydrogen-bond donors (Lipinski definition) is 0. The van der Waals surface area contributed by atoms with Gasteiger partial charge in [0.25, 0.3) is 0 Å². The van der Waals surface area contributed by atoms with Crippen LogP contribution in [0.3, 0.4) is 0 Å². The van der Waals surface area contributed by atoms with Crippen molar-refractivity contribution in [2.75, 3.05) is 13.6 Å². The van der Waals surface area contributed by atoms with Gasteiger partial charge < -0.3 is 8.80 Å². The molecule has 0 fully saturated rings. The molecule has 0 aliphatic heterocycles. The van der Waals surface area contributed by atoms with E-state index in [9.17, 15) is 0 Å². The van der Waals surface area contributed by atoms with Crippen molar-refractivity contribution >= 4 is 24.7 Å². The van der Waals surface area contributed by atoms with E-state index in [0.717, 1.165) is 0 Å². The summed E-state index contributed by atoms with van der Waals surface area (Å²) in [7, 11) is -1.29. The predicted molar refractivity (Wildman–Crippen MR) is 94.0 cm³/mol. The highest BCUT2D eigenvalue weighted by molar-refractivity contribution is 6.89. The van der Waals surface area contributed by atoms with Crippen molar-refractivity contribution in [3.63, 3.8) is 0 Å². The molecule has 0 N–H and O–H groups in total. The molecule has 0 rings (SSSR count). The van der Waals surface area contributed by atoms with Crippen LogP contribution < -0.4 is 0 Å². The minimum Gasteiger partial charge on any atom is -0.342 e. The van der Waals surface area contributed by atoms with E-state index >= 15 is 0 Å². The van der Waals surface area contributed by atoms with Crippen LogP contribution in [0.4, 0.5) is 0 Å². The molecule has 5 heteroatoms. The molecular formula is C13H36N2Si3. The molecule has 0 aromatic rings. The third kappa shape index (κ3) is 5.69. The molecule has 0 spiro atoms. The summed E-state index contributed by atoms with van der Waals surface area (Å²) >= 11 is 0. The third-order valence-electron chi connectivity index (χ3n) is 3.57. The fraction of sp³-hybridized carbons (Fsp3) is 1.00. The van der Waals surface area contributed by atoms with E-state index in [0.29, 0.717) is 6.04 Å². The second-order valence-corrected chi connectivity index (χ2v) is 23.8. The van der Waals surface area contributed by atoms with Crippen molar-refractivity contribution in [2.45, 2.75) is 71.9 Å². The lowest BCUT2D eigenvalue weighted by Gasteiger charge is -2.49. The summed E-state index contributed by atoms with van der Waals surface area (Å²) in [6, 6.07) is 0.694. The van der Waals surface area contributed by atoms with Gasteiger partial charge in [0, 0.05) is 12.6 Å². The molecule has 0 aliphatic rings. The van der Waals surface area contributed by atoms with Gasteiger partial charge in [0.05, 0.1) is 0 Å². The van der Waals surface area contributed by atoms with Gasteiger partial charge in [-0.05, 0) is 14.0 Å². The van der Waals surface area contributed by atoms with Crippen LogP contribution in [0.5, 0.6) is 0 Å². The number of nitrogens with zero attached hydrogens (tertiary/aromatic N) is 2. The van der Waals surface area contributed by atoms with Crippen LogP contribution in [-0.4, -0.2) is 53.1 Å². The Labute approximate surface area is 119 Å². The lowest BCUT2D eigenvalue weighted by molar-refractivity contribution is 0.370. The second kappa shape index (κ2) is 5.91. The maximum absolute atomic E-state index is 2.93. The fourth-order valence-electron chi connectivity index (χ4n) is 3.08. The highest BCUT2D eigenvalue weighted by atomic mass is 28.4. The van der Waals surface area contributed by atoms with Gasteiger partial charge in [-0.2, -0.15) is 0 Å². The van der Waals surface area contributed by atoms with Crippen molar-refractivity contribution in [3.8, 4) is 0 Å². The van der Waals surface area contributed by atoms with Gasteiger partial charge in [-0.3, -0.25) is 0 Å². The van der Waals surface area contributed by atoms with Crippen molar-refractivity contribution in [1.82, 2.24) is 8.80 Å². The topological polar surface area (TPSA) is 6.48 Å². The van der Waals surface area contributed by atoms with Gasteiger partial charge in [-0.1, -0.05) is 58.9 Å². The summed E-state index contributed by atoms with van der Waals surface area (Å²) in [6.07, 6.45) is 0. The predicted octanol–water partition coefficient (Wildman–Crippen LogP) is 4.11. The number of hydrogen-bond acceptors (Lipinski definition) is 2. The van der Waals surface area contributed by atoms with E-state index in [-0.39, 0.29) is 0 Å². The van der Waals surface area contributed by atoms with Crippen LogP contribution >= 0.6 is 0 Å². The number of likely N-dealkylation sites (N-methyl/N-ethyl adjacent to an activating group) is 1. The summed E-state index contributed by atoms with van der Waals surface area (Å²) in [5.41, 5.74) is 0. The SMILES string of the molecule is CC(CN(C)[Si](C)(C)C)N([Si](C)(C)C)[Si](C)(C)C. The van der Waals surface area contributed by atoms with E-state index in [1.165, 1.54) is 6.54 Å². The van der Waals surface area contributed by atoms with Crippen molar-refractivity contribution in [2.24, 2.45) is 0 Å². The van der Waals surface area contributed by atoms with Crippen LogP contribution in [0, 0.1) is 0 Å². The molecule has 1 unspecified atom stereocenters. The average molecular weight is 305 g/mol. The Morgan fingerprint density at radius 2 is 1.06 bits per heavy atom. The van der Waals surface area contributed by atoms with Crippen LogP contribution in [-0.2, 0) is 0 Å². The molecule has 0 amide bonds. The average Bonchev–Trinajstić information content (AvgIpc) is 1.94. The first kappa shape index (κ1) is 18.6. The van der Waals surface area contributed by atoms with Crippen molar-refractivity contribution < 1.29 is 0 Å². The minimum absolute atomic E-state index is 0.694. The van der Waals surface area contributed by atoms with Gasteiger partial charge in [-0.25, -0.2) is 0 Å². The quantitative estimate of drug-likeness (QED) is 0.681. The normalized spacial score (nSPS) is 16.5. The Bertz CT molecular complexity index is 247. The fourth-order valence-corrected chi connectivity index (χ4v) is 14.8. The third-order valence-corrected chi connectivity index (χ3v) is 13.8. The summed E-state index contributed by atoms with van der Waals surface area (Å²) in [4.78, 5) is 0.